The van der Waals surface area contributed by atoms with Gasteiger partial charge in [-0.1, -0.05) is 0 Å². The summed E-state index contributed by atoms with van der Waals surface area (Å²) < 4.78 is 23.4. The van der Waals surface area contributed by atoms with Crippen LogP contribution in [0.1, 0.15) is 12.1 Å². The molecule has 0 unspecified atom stereocenters. The lowest BCUT2D eigenvalue weighted by atomic mass is 10.2. The zero-order chi connectivity index (χ0) is 10.8. The van der Waals surface area contributed by atoms with Crippen LogP contribution in [-0.4, -0.2) is 29.7 Å². The average Bonchev–Trinajstić information content (AvgIpc) is 2.46. The maximum Gasteiger partial charge on any atom is 0.303 e. The Morgan fingerprint density at radius 1 is 1.57 bits per heavy atom. The van der Waals surface area contributed by atoms with Crippen LogP contribution in [0.2, 0.25) is 0 Å². The van der Waals surface area contributed by atoms with Crippen molar-refractivity contribution in [3.63, 3.8) is 0 Å². The van der Waals surface area contributed by atoms with Gasteiger partial charge in [0.15, 0.2) is 0 Å². The fourth-order valence-corrected chi connectivity index (χ4v) is 2.02. The lowest BCUT2D eigenvalue weighted by Crippen LogP contribution is -2.13. The first-order chi connectivity index (χ1) is 6.41. The van der Waals surface area contributed by atoms with E-state index in [9.17, 15) is 13.2 Å². The van der Waals surface area contributed by atoms with E-state index in [1.807, 2.05) is 0 Å². The van der Waals surface area contributed by atoms with E-state index in [4.69, 9.17) is 5.11 Å². The van der Waals surface area contributed by atoms with Crippen molar-refractivity contribution < 1.29 is 18.3 Å². The number of carboxylic acid groups (broad SMARTS) is 1. The molecule has 78 valence electrons. The molecule has 0 saturated carbocycles. The highest BCUT2D eigenvalue weighted by Gasteiger charge is 2.10. The quantitative estimate of drug-likeness (QED) is 0.787. The number of aromatic nitrogens is 1. The molecular weight excluding hydrogens is 206 g/mol. The van der Waals surface area contributed by atoms with E-state index in [0.717, 1.165) is 10.2 Å². The Kier molecular flexibility index (Phi) is 2.95. The van der Waals surface area contributed by atoms with E-state index < -0.39 is 16.0 Å². The number of nitrogens with zero attached hydrogens (tertiary/aromatic N) is 1. The van der Waals surface area contributed by atoms with Gasteiger partial charge in [-0.2, -0.15) is 0 Å². The summed E-state index contributed by atoms with van der Waals surface area (Å²) in [6.45, 7) is 0. The van der Waals surface area contributed by atoms with Crippen molar-refractivity contribution in [2.24, 2.45) is 0 Å². The summed E-state index contributed by atoms with van der Waals surface area (Å²) in [5.41, 5.74) is 0.495. The Labute approximate surface area is 82.0 Å². The lowest BCUT2D eigenvalue weighted by Gasteiger charge is -2.04. The monoisotopic (exact) mass is 217 g/mol. The molecule has 0 aliphatic carbocycles. The topological polar surface area (TPSA) is 76.4 Å². The molecule has 1 heterocycles. The van der Waals surface area contributed by atoms with Gasteiger partial charge in [0, 0.05) is 11.9 Å². The van der Waals surface area contributed by atoms with Gasteiger partial charge < -0.3 is 5.11 Å². The van der Waals surface area contributed by atoms with Crippen LogP contribution >= 0.6 is 0 Å². The zero-order valence-electron chi connectivity index (χ0n) is 7.67. The number of carbonyl (C=O) groups is 1. The Morgan fingerprint density at radius 2 is 2.21 bits per heavy atom. The van der Waals surface area contributed by atoms with Crippen LogP contribution in [0.25, 0.3) is 0 Å². The zero-order valence-corrected chi connectivity index (χ0v) is 8.49. The highest BCUT2D eigenvalue weighted by atomic mass is 32.2. The van der Waals surface area contributed by atoms with Crippen LogP contribution in [0, 0.1) is 0 Å². The molecular formula is C8H11NO4S. The smallest absolute Gasteiger partial charge is 0.303 e. The normalized spacial score (nSPS) is 11.5. The minimum atomic E-state index is -3.31. The summed E-state index contributed by atoms with van der Waals surface area (Å²) in [6, 6.07) is 3.18. The predicted octanol–water partition coefficient (Wildman–Crippen LogP) is 0.313. The molecule has 0 fully saturated rings. The minimum absolute atomic E-state index is 0.0699. The van der Waals surface area contributed by atoms with Crippen LogP contribution in [0.3, 0.4) is 0 Å². The molecule has 1 aromatic heterocycles. The van der Waals surface area contributed by atoms with E-state index in [2.05, 4.69) is 0 Å². The molecule has 5 nitrogen and oxygen atoms in total. The molecule has 0 aliphatic rings. The number of aryl methyl sites for hydroxylation is 1. The summed E-state index contributed by atoms with van der Waals surface area (Å²) in [5, 5.41) is 8.45. The second-order valence-electron chi connectivity index (χ2n) is 2.95. The van der Waals surface area contributed by atoms with Crippen molar-refractivity contribution in [3.05, 3.63) is 24.0 Å². The van der Waals surface area contributed by atoms with Gasteiger partial charge in [-0.25, -0.2) is 8.42 Å². The lowest BCUT2D eigenvalue weighted by molar-refractivity contribution is -0.136. The molecule has 0 bridgehead atoms. The standard InChI is InChI=1S/C8H11NO4S/c1-14(12,13)9-6-2-3-7(9)4-5-8(10)11/h2-3,6H,4-5H2,1H3,(H,10,11). The first kappa shape index (κ1) is 10.8. The molecule has 1 rings (SSSR count). The first-order valence-corrected chi connectivity index (χ1v) is 5.84. The predicted molar refractivity (Wildman–Crippen MR) is 50.6 cm³/mol. The van der Waals surface area contributed by atoms with Gasteiger partial charge in [0.25, 0.3) is 0 Å². The summed E-state index contributed by atoms with van der Waals surface area (Å²) in [6.07, 6.45) is 2.64. The van der Waals surface area contributed by atoms with Gasteiger partial charge in [-0.3, -0.25) is 8.77 Å². The third-order valence-corrected chi connectivity index (χ3v) is 2.82. The SMILES string of the molecule is CS(=O)(=O)n1cccc1CCC(=O)O. The van der Waals surface area contributed by atoms with E-state index in [0.29, 0.717) is 5.69 Å². The van der Waals surface area contributed by atoms with E-state index >= 15 is 0 Å². The van der Waals surface area contributed by atoms with Crippen LogP contribution in [0.4, 0.5) is 0 Å². The van der Waals surface area contributed by atoms with Crippen molar-refractivity contribution in [2.45, 2.75) is 12.8 Å². The van der Waals surface area contributed by atoms with Crippen LogP contribution in [-0.2, 0) is 21.2 Å². The van der Waals surface area contributed by atoms with Crippen LogP contribution in [0.5, 0.6) is 0 Å². The van der Waals surface area contributed by atoms with Gasteiger partial charge in [-0.15, -0.1) is 0 Å². The summed E-state index contributed by atoms with van der Waals surface area (Å²) in [5.74, 6) is -0.939. The second-order valence-corrected chi connectivity index (χ2v) is 4.81. The van der Waals surface area contributed by atoms with Gasteiger partial charge in [0.1, 0.15) is 0 Å². The van der Waals surface area contributed by atoms with E-state index in [1.54, 1.807) is 12.1 Å². The van der Waals surface area contributed by atoms with E-state index in [1.165, 1.54) is 6.20 Å². The molecule has 0 spiro atoms. The van der Waals surface area contributed by atoms with Crippen molar-refractivity contribution in [1.29, 1.82) is 0 Å². The highest BCUT2D eigenvalue weighted by molar-refractivity contribution is 7.89. The third kappa shape index (κ3) is 2.59. The molecule has 0 aliphatic heterocycles. The molecule has 0 aromatic carbocycles. The van der Waals surface area contributed by atoms with Crippen LogP contribution < -0.4 is 0 Å². The number of hydrogen-bond acceptors (Lipinski definition) is 3. The molecule has 1 N–H and O–H groups in total. The van der Waals surface area contributed by atoms with Gasteiger partial charge in [0.05, 0.1) is 12.7 Å². The third-order valence-electron chi connectivity index (χ3n) is 1.75. The first-order valence-electron chi connectivity index (χ1n) is 4.00. The Balaban J connectivity index is 2.89. The molecule has 1 aromatic rings. The Hall–Kier alpha value is -1.30. The Morgan fingerprint density at radius 3 is 2.71 bits per heavy atom. The maximum absolute atomic E-state index is 11.2. The molecule has 0 atom stereocenters. The van der Waals surface area contributed by atoms with Crippen molar-refractivity contribution >= 4 is 16.0 Å². The second kappa shape index (κ2) is 3.83. The van der Waals surface area contributed by atoms with Gasteiger partial charge >= 0.3 is 5.97 Å². The largest absolute Gasteiger partial charge is 0.481 e. The fourth-order valence-electron chi connectivity index (χ4n) is 1.15. The number of carboxylic acids is 1. The molecule has 0 amide bonds. The number of hydrogen-bond donors (Lipinski definition) is 1. The molecule has 0 saturated heterocycles. The molecule has 14 heavy (non-hydrogen) atoms. The summed E-state index contributed by atoms with van der Waals surface area (Å²) >= 11 is 0. The van der Waals surface area contributed by atoms with Crippen LogP contribution in [0.15, 0.2) is 18.3 Å². The summed E-state index contributed by atoms with van der Waals surface area (Å²) in [7, 11) is -3.31. The van der Waals surface area contributed by atoms with Crippen molar-refractivity contribution in [3.8, 4) is 0 Å². The average molecular weight is 217 g/mol. The molecule has 0 radical (unpaired) electrons. The fraction of sp³-hybridized carbons (Fsp3) is 0.375. The number of aliphatic carboxylic acids is 1. The van der Waals surface area contributed by atoms with Gasteiger partial charge in [-0.05, 0) is 18.6 Å². The highest BCUT2D eigenvalue weighted by Crippen LogP contribution is 2.08. The Bertz CT molecular complexity index is 432. The molecule has 6 heteroatoms. The van der Waals surface area contributed by atoms with E-state index in [-0.39, 0.29) is 12.8 Å². The van der Waals surface area contributed by atoms with Gasteiger partial charge in [0.2, 0.25) is 10.0 Å². The maximum atomic E-state index is 11.2. The van der Waals surface area contributed by atoms with Crippen molar-refractivity contribution in [2.75, 3.05) is 6.26 Å². The summed E-state index contributed by atoms with van der Waals surface area (Å²) in [4.78, 5) is 10.3. The van der Waals surface area contributed by atoms with Crippen molar-refractivity contribution in [1.82, 2.24) is 3.97 Å². The minimum Gasteiger partial charge on any atom is -0.481 e. The number of rotatable bonds is 4.